The zero-order valence-corrected chi connectivity index (χ0v) is 14.9. The highest BCUT2D eigenvalue weighted by molar-refractivity contribution is 5.21. The van der Waals surface area contributed by atoms with Gasteiger partial charge in [0.2, 0.25) is 0 Å². The highest BCUT2D eigenvalue weighted by Gasteiger charge is 2.08. The maximum atomic E-state index is 12.8. The van der Waals surface area contributed by atoms with Crippen LogP contribution in [0.3, 0.4) is 0 Å². The molecule has 6 heteroatoms. The maximum absolute atomic E-state index is 12.8. The predicted octanol–water partition coefficient (Wildman–Crippen LogP) is 2.33. The van der Waals surface area contributed by atoms with Crippen LogP contribution in [0.4, 0.5) is 4.39 Å². The Balaban J connectivity index is 2.02. The van der Waals surface area contributed by atoms with Crippen LogP contribution in [0.5, 0.6) is 5.75 Å². The summed E-state index contributed by atoms with van der Waals surface area (Å²) in [6, 6.07) is 5.99. The summed E-state index contributed by atoms with van der Waals surface area (Å²) in [6.45, 7) is 7.18. The van der Waals surface area contributed by atoms with Crippen molar-refractivity contribution in [3.8, 4) is 5.75 Å². The number of ether oxygens (including phenoxy) is 3. The third-order valence-electron chi connectivity index (χ3n) is 3.28. The van der Waals surface area contributed by atoms with Crippen LogP contribution in [0.15, 0.2) is 24.3 Å². The van der Waals surface area contributed by atoms with Crippen LogP contribution < -0.4 is 4.74 Å². The van der Waals surface area contributed by atoms with E-state index < -0.39 is 6.10 Å². The predicted molar refractivity (Wildman–Crippen MR) is 91.9 cm³/mol. The van der Waals surface area contributed by atoms with Crippen LogP contribution in [-0.4, -0.2) is 68.8 Å². The molecule has 0 aromatic heterocycles. The normalized spacial score (nSPS) is 12.8. The van der Waals surface area contributed by atoms with Crippen molar-refractivity contribution in [3.05, 3.63) is 30.1 Å². The lowest BCUT2D eigenvalue weighted by Gasteiger charge is -2.20. The molecule has 5 nitrogen and oxygen atoms in total. The first-order valence-electron chi connectivity index (χ1n) is 8.41. The summed E-state index contributed by atoms with van der Waals surface area (Å²) in [5.41, 5.74) is 0. The molecule has 0 amide bonds. The quantitative estimate of drug-likeness (QED) is 0.557. The second kappa shape index (κ2) is 12.2. The van der Waals surface area contributed by atoms with Gasteiger partial charge in [-0.2, -0.15) is 0 Å². The van der Waals surface area contributed by atoms with Crippen LogP contribution in [0.25, 0.3) is 0 Å². The van der Waals surface area contributed by atoms with Gasteiger partial charge in [0, 0.05) is 13.1 Å². The van der Waals surface area contributed by atoms with Gasteiger partial charge in [0.05, 0.1) is 38.6 Å². The summed E-state index contributed by atoms with van der Waals surface area (Å²) in [5.74, 6) is 0.394. The van der Waals surface area contributed by atoms with Gasteiger partial charge in [0.15, 0.2) is 0 Å². The first kappa shape index (κ1) is 20.8. The smallest absolute Gasteiger partial charge is 0.123 e. The highest BCUT2D eigenvalue weighted by atomic mass is 19.1. The SMILES string of the molecule is CC(C)OCCOC[C@H](O)CN(C)CCCOc1ccc(F)cc1. The lowest BCUT2D eigenvalue weighted by Crippen LogP contribution is -2.33. The number of rotatable bonds is 13. The fourth-order valence-corrected chi connectivity index (χ4v) is 2.12. The van der Waals surface area contributed by atoms with Crippen molar-refractivity contribution in [2.75, 3.05) is 46.6 Å². The summed E-state index contributed by atoms with van der Waals surface area (Å²) >= 11 is 0. The minimum absolute atomic E-state index is 0.196. The van der Waals surface area contributed by atoms with Gasteiger partial charge < -0.3 is 24.2 Å². The number of hydrogen-bond acceptors (Lipinski definition) is 5. The monoisotopic (exact) mass is 343 g/mol. The Bertz CT molecular complexity index is 428. The summed E-state index contributed by atoms with van der Waals surface area (Å²) in [6.07, 6.45) is 0.498. The third kappa shape index (κ3) is 10.5. The minimum atomic E-state index is -0.521. The maximum Gasteiger partial charge on any atom is 0.123 e. The first-order chi connectivity index (χ1) is 11.5. The van der Waals surface area contributed by atoms with E-state index in [1.807, 2.05) is 25.8 Å². The van der Waals surface area contributed by atoms with E-state index in [1.165, 1.54) is 12.1 Å². The number of aliphatic hydroxyl groups is 1. The van der Waals surface area contributed by atoms with E-state index in [9.17, 15) is 9.50 Å². The van der Waals surface area contributed by atoms with Crippen LogP contribution in [0.1, 0.15) is 20.3 Å². The Morgan fingerprint density at radius 2 is 1.83 bits per heavy atom. The van der Waals surface area contributed by atoms with Gasteiger partial charge in [-0.1, -0.05) is 0 Å². The second-order valence-corrected chi connectivity index (χ2v) is 6.07. The van der Waals surface area contributed by atoms with Crippen LogP contribution in [0.2, 0.25) is 0 Å². The summed E-state index contributed by atoms with van der Waals surface area (Å²) < 4.78 is 29.0. The lowest BCUT2D eigenvalue weighted by atomic mass is 10.3. The molecule has 1 N–H and O–H groups in total. The molecule has 24 heavy (non-hydrogen) atoms. The summed E-state index contributed by atoms with van der Waals surface area (Å²) in [5, 5.41) is 9.91. The van der Waals surface area contributed by atoms with Crippen LogP contribution in [-0.2, 0) is 9.47 Å². The number of aliphatic hydroxyl groups excluding tert-OH is 1. The van der Waals surface area contributed by atoms with E-state index in [2.05, 4.69) is 0 Å². The average molecular weight is 343 g/mol. The van der Waals surface area contributed by atoms with Gasteiger partial charge in [0.1, 0.15) is 11.6 Å². The molecule has 0 radical (unpaired) electrons. The number of halogens is 1. The molecule has 0 heterocycles. The first-order valence-corrected chi connectivity index (χ1v) is 8.41. The number of likely N-dealkylation sites (N-methyl/N-ethyl adjacent to an activating group) is 1. The molecular weight excluding hydrogens is 313 g/mol. The number of nitrogens with zero attached hydrogens (tertiary/aromatic N) is 1. The zero-order chi connectivity index (χ0) is 17.8. The van der Waals surface area contributed by atoms with E-state index in [-0.39, 0.29) is 11.9 Å². The topological polar surface area (TPSA) is 51.2 Å². The van der Waals surface area contributed by atoms with Gasteiger partial charge in [-0.3, -0.25) is 0 Å². The van der Waals surface area contributed by atoms with Crippen molar-refractivity contribution in [1.29, 1.82) is 0 Å². The second-order valence-electron chi connectivity index (χ2n) is 6.07. The van der Waals surface area contributed by atoms with Crippen molar-refractivity contribution in [1.82, 2.24) is 4.90 Å². The molecule has 1 atom stereocenters. The molecule has 138 valence electrons. The Morgan fingerprint density at radius 1 is 1.12 bits per heavy atom. The molecule has 0 aliphatic heterocycles. The molecule has 1 aromatic carbocycles. The molecular formula is C18H30FNO4. The van der Waals surface area contributed by atoms with Crippen LogP contribution >= 0.6 is 0 Å². The number of hydrogen-bond donors (Lipinski definition) is 1. The Labute approximate surface area is 144 Å². The molecule has 1 aromatic rings. The Kier molecular flexibility index (Phi) is 10.6. The molecule has 0 saturated heterocycles. The largest absolute Gasteiger partial charge is 0.494 e. The molecule has 0 spiro atoms. The zero-order valence-electron chi connectivity index (χ0n) is 14.9. The van der Waals surface area contributed by atoms with Crippen molar-refractivity contribution in [2.24, 2.45) is 0 Å². The van der Waals surface area contributed by atoms with Crippen molar-refractivity contribution < 1.29 is 23.7 Å². The van der Waals surface area contributed by atoms with E-state index >= 15 is 0 Å². The van der Waals surface area contributed by atoms with Crippen molar-refractivity contribution in [2.45, 2.75) is 32.5 Å². The minimum Gasteiger partial charge on any atom is -0.494 e. The fraction of sp³-hybridized carbons (Fsp3) is 0.667. The summed E-state index contributed by atoms with van der Waals surface area (Å²) in [7, 11) is 1.95. The Hall–Kier alpha value is -1.21. The molecule has 0 fully saturated rings. The molecule has 0 unspecified atom stereocenters. The fourth-order valence-electron chi connectivity index (χ4n) is 2.12. The molecule has 0 saturated carbocycles. The highest BCUT2D eigenvalue weighted by Crippen LogP contribution is 2.11. The van der Waals surface area contributed by atoms with E-state index in [4.69, 9.17) is 14.2 Å². The van der Waals surface area contributed by atoms with Crippen molar-refractivity contribution >= 4 is 0 Å². The van der Waals surface area contributed by atoms with Crippen LogP contribution in [0, 0.1) is 5.82 Å². The number of benzene rings is 1. The van der Waals surface area contributed by atoms with Gasteiger partial charge in [-0.25, -0.2) is 4.39 Å². The third-order valence-corrected chi connectivity index (χ3v) is 3.28. The van der Waals surface area contributed by atoms with E-state index in [0.29, 0.717) is 38.7 Å². The molecule has 1 rings (SSSR count). The summed E-state index contributed by atoms with van der Waals surface area (Å²) in [4.78, 5) is 2.03. The average Bonchev–Trinajstić information content (AvgIpc) is 2.52. The standard InChI is InChI=1S/C18H30FNO4/c1-15(2)23-12-11-22-14-17(21)13-20(3)9-4-10-24-18-7-5-16(19)6-8-18/h5-8,15,17,21H,4,9-14H2,1-3H3/t17-/m1/s1. The van der Waals surface area contributed by atoms with E-state index in [1.54, 1.807) is 12.1 Å². The van der Waals surface area contributed by atoms with Crippen molar-refractivity contribution in [3.63, 3.8) is 0 Å². The lowest BCUT2D eigenvalue weighted by molar-refractivity contribution is -0.0171. The van der Waals surface area contributed by atoms with Gasteiger partial charge in [-0.05, 0) is 51.6 Å². The van der Waals surface area contributed by atoms with E-state index in [0.717, 1.165) is 13.0 Å². The van der Waals surface area contributed by atoms with Gasteiger partial charge in [-0.15, -0.1) is 0 Å². The molecule has 0 bridgehead atoms. The Morgan fingerprint density at radius 3 is 2.50 bits per heavy atom. The van der Waals surface area contributed by atoms with Gasteiger partial charge in [0.25, 0.3) is 0 Å². The molecule has 0 aliphatic rings. The van der Waals surface area contributed by atoms with Gasteiger partial charge >= 0.3 is 0 Å². The molecule has 0 aliphatic carbocycles.